The second-order valence-electron chi connectivity index (χ2n) is 3.52. The van der Waals surface area contributed by atoms with Crippen LogP contribution in [0.4, 0.5) is 0 Å². The molecule has 0 fully saturated rings. The summed E-state index contributed by atoms with van der Waals surface area (Å²) in [4.78, 5) is 22.7. The molecule has 0 atom stereocenters. The van der Waals surface area contributed by atoms with Crippen LogP contribution in [0, 0.1) is 0 Å². The highest BCUT2D eigenvalue weighted by molar-refractivity contribution is 9.10. The molecule has 0 spiro atoms. The Balaban J connectivity index is 3.03. The highest BCUT2D eigenvalue weighted by Gasteiger charge is 2.16. The largest absolute Gasteiger partial charge is 0.478 e. The van der Waals surface area contributed by atoms with Crippen molar-refractivity contribution in [2.24, 2.45) is 0 Å². The van der Waals surface area contributed by atoms with E-state index in [1.165, 1.54) is 6.07 Å². The summed E-state index contributed by atoms with van der Waals surface area (Å²) in [6.45, 7) is 1.99. The predicted molar refractivity (Wildman–Crippen MR) is 65.0 cm³/mol. The fourth-order valence-corrected chi connectivity index (χ4v) is 1.77. The monoisotopic (exact) mass is 284 g/mol. The molecule has 0 saturated carbocycles. The van der Waals surface area contributed by atoms with Crippen molar-refractivity contribution in [3.8, 4) is 0 Å². The fourth-order valence-electron chi connectivity index (χ4n) is 1.41. The van der Waals surface area contributed by atoms with Gasteiger partial charge in [0.15, 0.2) is 5.78 Å². The molecule has 4 heteroatoms. The number of halogens is 1. The van der Waals surface area contributed by atoms with E-state index in [1.54, 1.807) is 12.1 Å². The molecular weight excluding hydrogens is 272 g/mol. The van der Waals surface area contributed by atoms with E-state index in [0.717, 1.165) is 12.8 Å². The molecule has 0 aromatic heterocycles. The predicted octanol–water partition coefficient (Wildman–Crippen LogP) is 3.52. The summed E-state index contributed by atoms with van der Waals surface area (Å²) < 4.78 is 0.664. The third kappa shape index (κ3) is 3.17. The zero-order valence-corrected chi connectivity index (χ0v) is 10.6. The molecule has 0 radical (unpaired) electrons. The molecule has 0 saturated heterocycles. The van der Waals surface area contributed by atoms with Crippen LogP contribution in [0.2, 0.25) is 0 Å². The average molecular weight is 285 g/mol. The lowest BCUT2D eigenvalue weighted by Crippen LogP contribution is -2.08. The summed E-state index contributed by atoms with van der Waals surface area (Å²) in [5, 5.41) is 8.99. The number of hydrogen-bond acceptors (Lipinski definition) is 2. The lowest BCUT2D eigenvalue weighted by atomic mass is 10.0. The van der Waals surface area contributed by atoms with Gasteiger partial charge in [0.25, 0.3) is 0 Å². The first-order valence-electron chi connectivity index (χ1n) is 5.12. The van der Waals surface area contributed by atoms with Crippen molar-refractivity contribution in [3.05, 3.63) is 33.8 Å². The molecule has 1 aromatic carbocycles. The number of Topliss-reactive ketones (excluding diaryl/α,β-unsaturated/α-hetero) is 1. The molecule has 3 nitrogen and oxygen atoms in total. The maximum absolute atomic E-state index is 11.8. The molecule has 0 unspecified atom stereocenters. The Morgan fingerprint density at radius 3 is 2.56 bits per heavy atom. The van der Waals surface area contributed by atoms with Gasteiger partial charge < -0.3 is 5.11 Å². The standard InChI is InChI=1S/C12H13BrO3/c1-2-3-4-11(14)9-6-5-8(13)7-10(9)12(15)16/h5-7H,2-4H2,1H3,(H,15,16). The first-order valence-corrected chi connectivity index (χ1v) is 5.91. The molecule has 1 N–H and O–H groups in total. The van der Waals surface area contributed by atoms with Crippen molar-refractivity contribution >= 4 is 27.7 Å². The SMILES string of the molecule is CCCCC(=O)c1ccc(Br)cc1C(=O)O. The second kappa shape index (κ2) is 5.80. The van der Waals surface area contributed by atoms with Gasteiger partial charge in [0.05, 0.1) is 5.56 Å². The molecule has 1 aromatic rings. The summed E-state index contributed by atoms with van der Waals surface area (Å²) in [6.07, 6.45) is 2.11. The minimum absolute atomic E-state index is 0.0653. The lowest BCUT2D eigenvalue weighted by Gasteiger charge is -2.05. The van der Waals surface area contributed by atoms with Crippen LogP contribution in [0.5, 0.6) is 0 Å². The zero-order chi connectivity index (χ0) is 12.1. The normalized spacial score (nSPS) is 10.1. The topological polar surface area (TPSA) is 54.4 Å². The van der Waals surface area contributed by atoms with Gasteiger partial charge in [0.1, 0.15) is 0 Å². The number of hydrogen-bond donors (Lipinski definition) is 1. The van der Waals surface area contributed by atoms with Gasteiger partial charge in [0.2, 0.25) is 0 Å². The number of carboxylic acids is 1. The van der Waals surface area contributed by atoms with E-state index in [9.17, 15) is 9.59 Å². The van der Waals surface area contributed by atoms with Gasteiger partial charge in [-0.3, -0.25) is 4.79 Å². The van der Waals surface area contributed by atoms with Crippen molar-refractivity contribution in [2.45, 2.75) is 26.2 Å². The Labute approximate surface area is 103 Å². The van der Waals surface area contributed by atoms with E-state index in [1.807, 2.05) is 6.92 Å². The second-order valence-corrected chi connectivity index (χ2v) is 4.44. The molecule has 0 amide bonds. The van der Waals surface area contributed by atoms with Crippen LogP contribution in [0.3, 0.4) is 0 Å². The van der Waals surface area contributed by atoms with Crippen LogP contribution in [0.1, 0.15) is 46.9 Å². The highest BCUT2D eigenvalue weighted by atomic mass is 79.9. The van der Waals surface area contributed by atoms with Crippen molar-refractivity contribution < 1.29 is 14.7 Å². The van der Waals surface area contributed by atoms with E-state index in [4.69, 9.17) is 5.11 Å². The highest BCUT2D eigenvalue weighted by Crippen LogP contribution is 2.19. The molecule has 0 aliphatic carbocycles. The Morgan fingerprint density at radius 2 is 2.00 bits per heavy atom. The van der Waals surface area contributed by atoms with Gasteiger partial charge in [-0.15, -0.1) is 0 Å². The number of carbonyl (C=O) groups is 2. The van der Waals surface area contributed by atoms with Gasteiger partial charge in [0, 0.05) is 16.5 Å². The van der Waals surface area contributed by atoms with Crippen molar-refractivity contribution in [1.29, 1.82) is 0 Å². The smallest absolute Gasteiger partial charge is 0.336 e. The van der Waals surface area contributed by atoms with Crippen LogP contribution >= 0.6 is 15.9 Å². The number of unbranched alkanes of at least 4 members (excludes halogenated alkanes) is 1. The fraction of sp³-hybridized carbons (Fsp3) is 0.333. The number of ketones is 1. The summed E-state index contributed by atoms with van der Waals surface area (Å²) in [7, 11) is 0. The number of carbonyl (C=O) groups excluding carboxylic acids is 1. The van der Waals surface area contributed by atoms with E-state index in [-0.39, 0.29) is 11.3 Å². The molecule has 0 bridgehead atoms. The van der Waals surface area contributed by atoms with Gasteiger partial charge in [-0.05, 0) is 24.6 Å². The third-order valence-electron chi connectivity index (χ3n) is 2.27. The van der Waals surface area contributed by atoms with Crippen molar-refractivity contribution in [3.63, 3.8) is 0 Å². The van der Waals surface area contributed by atoms with Crippen LogP contribution in [-0.4, -0.2) is 16.9 Å². The Bertz CT molecular complexity index is 413. The van der Waals surface area contributed by atoms with Crippen LogP contribution in [-0.2, 0) is 0 Å². The lowest BCUT2D eigenvalue weighted by molar-refractivity contribution is 0.0691. The van der Waals surface area contributed by atoms with E-state index >= 15 is 0 Å². The summed E-state index contributed by atoms with van der Waals surface area (Å²) in [6, 6.07) is 4.71. The van der Waals surface area contributed by atoms with Gasteiger partial charge in [-0.2, -0.15) is 0 Å². The molecule has 0 heterocycles. The summed E-state index contributed by atoms with van der Waals surface area (Å²) >= 11 is 3.19. The van der Waals surface area contributed by atoms with E-state index in [2.05, 4.69) is 15.9 Å². The summed E-state index contributed by atoms with van der Waals surface area (Å²) in [5.41, 5.74) is 0.361. The van der Waals surface area contributed by atoms with Gasteiger partial charge in [-0.25, -0.2) is 4.79 Å². The quantitative estimate of drug-likeness (QED) is 0.842. The molecule has 16 heavy (non-hydrogen) atoms. The number of carboxylic acid groups (broad SMARTS) is 1. The minimum Gasteiger partial charge on any atom is -0.478 e. The maximum atomic E-state index is 11.8. The van der Waals surface area contributed by atoms with Gasteiger partial charge >= 0.3 is 5.97 Å². The van der Waals surface area contributed by atoms with Crippen LogP contribution < -0.4 is 0 Å². The Kier molecular flexibility index (Phi) is 4.68. The molecule has 1 rings (SSSR count). The first-order chi connectivity index (χ1) is 7.56. The molecule has 86 valence electrons. The minimum atomic E-state index is -1.07. The maximum Gasteiger partial charge on any atom is 0.336 e. The van der Waals surface area contributed by atoms with Crippen molar-refractivity contribution in [1.82, 2.24) is 0 Å². The van der Waals surface area contributed by atoms with Crippen LogP contribution in [0.15, 0.2) is 22.7 Å². The first kappa shape index (κ1) is 12.9. The molecule has 0 aliphatic rings. The van der Waals surface area contributed by atoms with E-state index < -0.39 is 5.97 Å². The van der Waals surface area contributed by atoms with Crippen LogP contribution in [0.25, 0.3) is 0 Å². The third-order valence-corrected chi connectivity index (χ3v) is 2.76. The van der Waals surface area contributed by atoms with Crippen molar-refractivity contribution in [2.75, 3.05) is 0 Å². The number of benzene rings is 1. The van der Waals surface area contributed by atoms with E-state index in [0.29, 0.717) is 16.5 Å². The molecule has 0 aliphatic heterocycles. The van der Waals surface area contributed by atoms with Gasteiger partial charge in [-0.1, -0.05) is 29.3 Å². The molecular formula is C12H13BrO3. The Morgan fingerprint density at radius 1 is 1.31 bits per heavy atom. The zero-order valence-electron chi connectivity index (χ0n) is 9.00. The average Bonchev–Trinajstić information content (AvgIpc) is 2.25. The summed E-state index contributed by atoms with van der Waals surface area (Å²) in [5.74, 6) is -1.17. The Hall–Kier alpha value is -1.16. The number of aromatic carboxylic acids is 1. The number of rotatable bonds is 5.